The molecule has 3 aliphatic rings. The molecule has 182 valence electrons. The topological polar surface area (TPSA) is 110 Å². The van der Waals surface area contributed by atoms with Gasteiger partial charge < -0.3 is 19.7 Å². The Bertz CT molecular complexity index is 1100. The van der Waals surface area contributed by atoms with Crippen LogP contribution in [0, 0.1) is 34.5 Å². The zero-order valence-corrected chi connectivity index (χ0v) is 20.3. The van der Waals surface area contributed by atoms with Crippen molar-refractivity contribution in [3.05, 3.63) is 29.3 Å². The fourth-order valence-corrected chi connectivity index (χ4v) is 6.15. The maximum atomic E-state index is 13.2. The summed E-state index contributed by atoms with van der Waals surface area (Å²) < 4.78 is 10.1. The number of rotatable bonds is 1. The lowest BCUT2D eigenvalue weighted by atomic mass is 9.52. The molecule has 34 heavy (non-hydrogen) atoms. The van der Waals surface area contributed by atoms with Crippen molar-refractivity contribution in [2.24, 2.45) is 22.7 Å². The Labute approximate surface area is 199 Å². The molecule has 0 amide bonds. The Morgan fingerprint density at radius 2 is 1.94 bits per heavy atom. The van der Waals surface area contributed by atoms with Crippen molar-refractivity contribution in [2.45, 2.75) is 71.0 Å². The van der Waals surface area contributed by atoms with Crippen LogP contribution in [0.4, 0.5) is 0 Å². The first kappa shape index (κ1) is 24.4. The molecule has 0 saturated heterocycles. The van der Waals surface area contributed by atoms with E-state index in [-0.39, 0.29) is 35.9 Å². The smallest absolute Gasteiger partial charge is 0.384 e. The third kappa shape index (κ3) is 3.73. The van der Waals surface area contributed by atoms with Crippen LogP contribution in [0.2, 0.25) is 0 Å². The third-order valence-electron chi connectivity index (χ3n) is 8.21. The van der Waals surface area contributed by atoms with Gasteiger partial charge in [0.1, 0.15) is 11.4 Å². The molecule has 0 bridgehead atoms. The largest absolute Gasteiger partial charge is 0.459 e. The fourth-order valence-electron chi connectivity index (χ4n) is 6.15. The van der Waals surface area contributed by atoms with Crippen molar-refractivity contribution < 1.29 is 34.1 Å². The number of ether oxygens (including phenoxy) is 2. The second kappa shape index (κ2) is 8.21. The predicted octanol–water partition coefficient (Wildman–Crippen LogP) is 3.01. The van der Waals surface area contributed by atoms with Crippen molar-refractivity contribution in [1.82, 2.24) is 0 Å². The quantitative estimate of drug-likeness (QED) is 0.282. The first-order valence-electron chi connectivity index (χ1n) is 11.7. The Morgan fingerprint density at radius 3 is 2.59 bits per heavy atom. The van der Waals surface area contributed by atoms with E-state index >= 15 is 0 Å². The molecule has 0 unspecified atom stereocenters. The van der Waals surface area contributed by atoms with Crippen LogP contribution in [-0.2, 0) is 14.3 Å². The number of aliphatic hydroxyl groups is 2. The Balaban J connectivity index is 1.66. The number of aliphatic hydroxyl groups excluding tert-OH is 1. The molecule has 7 heteroatoms. The Hall–Kier alpha value is -2.69. The van der Waals surface area contributed by atoms with Crippen LogP contribution in [0.1, 0.15) is 75.2 Å². The van der Waals surface area contributed by atoms with E-state index in [1.807, 2.05) is 13.0 Å². The number of hydrogen-bond donors (Lipinski definition) is 2. The number of Topliss-reactive ketones (excluding diaryl/α,β-unsaturated/α-hetero) is 1. The number of ketones is 1. The molecule has 0 aliphatic heterocycles. The van der Waals surface area contributed by atoms with E-state index in [0.717, 1.165) is 5.56 Å². The van der Waals surface area contributed by atoms with Gasteiger partial charge in [0.15, 0.2) is 5.78 Å². The number of fused-ring (bicyclic) bond motifs is 5. The van der Waals surface area contributed by atoms with E-state index < -0.39 is 28.5 Å². The van der Waals surface area contributed by atoms with Gasteiger partial charge in [-0.05, 0) is 75.5 Å². The van der Waals surface area contributed by atoms with E-state index in [9.17, 15) is 24.6 Å². The molecular formula is C27H32O7. The molecule has 0 aromatic heterocycles. The number of esters is 2. The Kier molecular flexibility index (Phi) is 5.90. The molecular weight excluding hydrogens is 436 g/mol. The average molecular weight is 469 g/mol. The molecule has 2 fully saturated rings. The molecule has 2 saturated carbocycles. The summed E-state index contributed by atoms with van der Waals surface area (Å²) >= 11 is 0. The lowest BCUT2D eigenvalue weighted by Crippen LogP contribution is -2.58. The summed E-state index contributed by atoms with van der Waals surface area (Å²) in [5.74, 6) is 3.92. The summed E-state index contributed by atoms with van der Waals surface area (Å²) in [5, 5.41) is 22.7. The SMILES string of the molecule is COC(=O)C#C[C@]1(O)CC[C@H]2[C@@H]3CC(=O)c4cc(OC(=O)C(C)(C)C)ccc4[C@H]3C[C@@H](O)[C@@]21C. The summed E-state index contributed by atoms with van der Waals surface area (Å²) in [6.45, 7) is 7.11. The van der Waals surface area contributed by atoms with E-state index in [0.29, 0.717) is 30.6 Å². The molecule has 1 aromatic carbocycles. The maximum absolute atomic E-state index is 13.2. The normalized spacial score (nSPS) is 34.1. The van der Waals surface area contributed by atoms with Crippen LogP contribution in [0.15, 0.2) is 18.2 Å². The second-order valence-electron chi connectivity index (χ2n) is 11.1. The van der Waals surface area contributed by atoms with Crippen molar-refractivity contribution in [3.8, 4) is 17.6 Å². The van der Waals surface area contributed by atoms with Crippen LogP contribution < -0.4 is 4.74 Å². The molecule has 3 aliphatic carbocycles. The first-order valence-corrected chi connectivity index (χ1v) is 11.7. The van der Waals surface area contributed by atoms with E-state index in [1.54, 1.807) is 32.9 Å². The minimum atomic E-state index is -1.55. The minimum Gasteiger partial charge on any atom is -0.459 e. The van der Waals surface area contributed by atoms with Crippen molar-refractivity contribution >= 4 is 17.7 Å². The van der Waals surface area contributed by atoms with Crippen LogP contribution in [-0.4, -0.2) is 46.7 Å². The van der Waals surface area contributed by atoms with Gasteiger partial charge >= 0.3 is 11.9 Å². The van der Waals surface area contributed by atoms with Gasteiger partial charge in [0.05, 0.1) is 18.6 Å². The summed E-state index contributed by atoms with van der Waals surface area (Å²) in [4.78, 5) is 37.1. The number of hydrogen-bond acceptors (Lipinski definition) is 7. The van der Waals surface area contributed by atoms with E-state index in [1.165, 1.54) is 7.11 Å². The molecule has 7 nitrogen and oxygen atoms in total. The van der Waals surface area contributed by atoms with Gasteiger partial charge in [0.2, 0.25) is 0 Å². The average Bonchev–Trinajstić information content (AvgIpc) is 3.05. The number of methoxy groups -OCH3 is 1. The van der Waals surface area contributed by atoms with Gasteiger partial charge in [0.25, 0.3) is 0 Å². The molecule has 0 radical (unpaired) electrons. The van der Waals surface area contributed by atoms with Crippen LogP contribution in [0.3, 0.4) is 0 Å². The summed E-state index contributed by atoms with van der Waals surface area (Å²) in [6, 6.07) is 5.15. The molecule has 0 spiro atoms. The monoisotopic (exact) mass is 468 g/mol. The highest BCUT2D eigenvalue weighted by Crippen LogP contribution is 2.64. The Morgan fingerprint density at radius 1 is 1.24 bits per heavy atom. The van der Waals surface area contributed by atoms with Crippen molar-refractivity contribution in [2.75, 3.05) is 7.11 Å². The summed E-state index contributed by atoms with van der Waals surface area (Å²) in [6.07, 6.45) is 0.660. The third-order valence-corrected chi connectivity index (χ3v) is 8.21. The van der Waals surface area contributed by atoms with Crippen LogP contribution >= 0.6 is 0 Å². The molecule has 1 aromatic rings. The highest BCUT2D eigenvalue weighted by Gasteiger charge is 2.65. The predicted molar refractivity (Wildman–Crippen MR) is 123 cm³/mol. The van der Waals surface area contributed by atoms with E-state index in [4.69, 9.17) is 4.74 Å². The van der Waals surface area contributed by atoms with Gasteiger partial charge in [-0.25, -0.2) is 4.79 Å². The fraction of sp³-hybridized carbons (Fsp3) is 0.593. The zero-order chi connectivity index (χ0) is 25.1. The highest BCUT2D eigenvalue weighted by atomic mass is 16.5. The van der Waals surface area contributed by atoms with Gasteiger partial charge in [-0.1, -0.05) is 18.9 Å². The first-order chi connectivity index (χ1) is 15.8. The summed E-state index contributed by atoms with van der Waals surface area (Å²) in [5.41, 5.74) is -1.83. The molecule has 6 atom stereocenters. The van der Waals surface area contributed by atoms with Crippen molar-refractivity contribution in [3.63, 3.8) is 0 Å². The van der Waals surface area contributed by atoms with Crippen LogP contribution in [0.5, 0.6) is 5.75 Å². The number of carbonyl (C=O) groups is 3. The van der Waals surface area contributed by atoms with Gasteiger partial charge in [-0.2, -0.15) is 0 Å². The standard InChI is InChI=1S/C27H32O7/c1-25(2,3)24(31)34-15-6-7-16-17-14-22(29)26(4)20(18(17)13-21(28)19(16)12-15)8-10-27(26,32)11-9-23(30)33-5/h6-7,12,17-18,20,22,29,32H,8,10,13-14H2,1-5H3/t17-,18-,20+,22-,26-,27-/m1/s1. The lowest BCUT2D eigenvalue weighted by Gasteiger charge is -2.54. The van der Waals surface area contributed by atoms with Gasteiger partial charge in [-0.3, -0.25) is 9.59 Å². The van der Waals surface area contributed by atoms with Gasteiger partial charge in [-0.15, -0.1) is 0 Å². The number of carbonyl (C=O) groups excluding carboxylic acids is 3. The zero-order valence-electron chi connectivity index (χ0n) is 20.3. The molecule has 0 heterocycles. The van der Waals surface area contributed by atoms with Crippen molar-refractivity contribution in [1.29, 1.82) is 0 Å². The summed E-state index contributed by atoms with van der Waals surface area (Å²) in [7, 11) is 1.22. The highest BCUT2D eigenvalue weighted by molar-refractivity contribution is 5.99. The molecule has 4 rings (SSSR count). The van der Waals surface area contributed by atoms with Gasteiger partial charge in [0, 0.05) is 23.3 Å². The molecule has 2 N–H and O–H groups in total. The minimum absolute atomic E-state index is 0.0419. The van der Waals surface area contributed by atoms with Crippen LogP contribution in [0.25, 0.3) is 0 Å². The number of benzene rings is 1. The lowest BCUT2D eigenvalue weighted by molar-refractivity contribution is -0.143. The van der Waals surface area contributed by atoms with E-state index in [2.05, 4.69) is 16.6 Å². The second-order valence-corrected chi connectivity index (χ2v) is 11.1. The maximum Gasteiger partial charge on any atom is 0.384 e.